The maximum atomic E-state index is 13.6. The summed E-state index contributed by atoms with van der Waals surface area (Å²) in [4.78, 5) is 0. The molecule has 6 aromatic rings. The third-order valence-electron chi connectivity index (χ3n) is 7.06. The number of hydrogen-bond donors (Lipinski definition) is 0. The zero-order valence-electron chi connectivity index (χ0n) is 22.6. The molecule has 0 fully saturated rings. The first-order valence-corrected chi connectivity index (χ1v) is 13.6. The summed E-state index contributed by atoms with van der Waals surface area (Å²) in [6.45, 7) is 4.88. The van der Waals surface area contributed by atoms with Crippen molar-refractivity contribution >= 4 is 10.9 Å². The molecule has 0 saturated heterocycles. The van der Waals surface area contributed by atoms with E-state index in [0.29, 0.717) is 29.5 Å². The Morgan fingerprint density at radius 3 is 2.20 bits per heavy atom. The third-order valence-corrected chi connectivity index (χ3v) is 7.06. The highest BCUT2D eigenvalue weighted by molar-refractivity contribution is 5.93. The van der Waals surface area contributed by atoms with E-state index in [1.807, 2.05) is 116 Å². The van der Waals surface area contributed by atoms with Gasteiger partial charge in [0, 0.05) is 34.5 Å². The lowest BCUT2D eigenvalue weighted by atomic mass is 10.0. The molecule has 0 aliphatic rings. The first-order valence-electron chi connectivity index (χ1n) is 13.6. The standard InChI is InChI=1S/C34H30N4O2/c1-3-4-22-40-28-20-18-26(19-21-28)33-35-36-34(37(33)27-10-6-5-7-11-27)30-23-32(25-16-14-24(2)15-17-25)38(39)31-13-9-8-12-29(30)31/h5-21,23H,3-4,22H2,1-2H3. The lowest BCUT2D eigenvalue weighted by molar-refractivity contribution is -0.564. The molecule has 0 radical (unpaired) electrons. The molecular formula is C34H30N4O2. The summed E-state index contributed by atoms with van der Waals surface area (Å²) in [5.74, 6) is 2.20. The molecular weight excluding hydrogens is 496 g/mol. The van der Waals surface area contributed by atoms with Gasteiger partial charge in [-0.3, -0.25) is 4.57 Å². The predicted molar refractivity (Wildman–Crippen MR) is 159 cm³/mol. The van der Waals surface area contributed by atoms with E-state index in [1.54, 1.807) is 0 Å². The van der Waals surface area contributed by atoms with Gasteiger partial charge in [-0.15, -0.1) is 10.2 Å². The van der Waals surface area contributed by atoms with Crippen molar-refractivity contribution in [3.8, 4) is 45.5 Å². The molecule has 0 atom stereocenters. The lowest BCUT2D eigenvalue weighted by Gasteiger charge is -2.14. The number of nitrogens with zero attached hydrogens (tertiary/aromatic N) is 4. The van der Waals surface area contributed by atoms with Crippen LogP contribution in [0.2, 0.25) is 0 Å². The fraction of sp³-hybridized carbons (Fsp3) is 0.147. The second-order valence-electron chi connectivity index (χ2n) is 9.87. The summed E-state index contributed by atoms with van der Waals surface area (Å²) in [7, 11) is 0. The number of unbranched alkanes of at least 4 members (excludes halogenated alkanes) is 1. The third kappa shape index (κ3) is 4.80. The average molecular weight is 527 g/mol. The Morgan fingerprint density at radius 2 is 1.45 bits per heavy atom. The van der Waals surface area contributed by atoms with Crippen molar-refractivity contribution in [1.29, 1.82) is 0 Å². The normalized spacial score (nSPS) is 11.2. The van der Waals surface area contributed by atoms with Gasteiger partial charge in [0.15, 0.2) is 11.6 Å². The SMILES string of the molecule is CCCCOc1ccc(-c2nnc(-c3cc(-c4ccc(C)cc4)[n+]([O-])c4ccccc34)n2-c2ccccc2)cc1. The van der Waals surface area contributed by atoms with Gasteiger partial charge in [-0.1, -0.05) is 61.4 Å². The van der Waals surface area contributed by atoms with Crippen LogP contribution < -0.4 is 9.47 Å². The highest BCUT2D eigenvalue weighted by Gasteiger charge is 2.24. The Balaban J connectivity index is 1.55. The topological polar surface area (TPSA) is 66.9 Å². The van der Waals surface area contributed by atoms with Crippen LogP contribution in [-0.4, -0.2) is 21.4 Å². The second kappa shape index (κ2) is 11.0. The molecule has 0 bridgehead atoms. The monoisotopic (exact) mass is 526 g/mol. The molecule has 0 aliphatic heterocycles. The van der Waals surface area contributed by atoms with Gasteiger partial charge in [-0.05, 0) is 67.9 Å². The van der Waals surface area contributed by atoms with Crippen molar-refractivity contribution in [3.05, 3.63) is 120 Å². The van der Waals surface area contributed by atoms with Crippen LogP contribution in [0.15, 0.2) is 109 Å². The van der Waals surface area contributed by atoms with Crippen LogP contribution in [0, 0.1) is 12.1 Å². The number of aromatic nitrogens is 4. The van der Waals surface area contributed by atoms with Crippen LogP contribution in [0.1, 0.15) is 25.3 Å². The largest absolute Gasteiger partial charge is 0.618 e. The van der Waals surface area contributed by atoms with Gasteiger partial charge in [-0.25, -0.2) is 0 Å². The minimum atomic E-state index is 0.562. The fourth-order valence-electron chi connectivity index (χ4n) is 4.89. The summed E-state index contributed by atoms with van der Waals surface area (Å²) >= 11 is 0. The summed E-state index contributed by atoms with van der Waals surface area (Å²) in [6, 6.07) is 35.6. The Hall–Kier alpha value is -4.97. The molecule has 6 heteroatoms. The molecule has 198 valence electrons. The number of pyridine rings is 1. The van der Waals surface area contributed by atoms with Crippen molar-refractivity contribution < 1.29 is 9.47 Å². The Morgan fingerprint density at radius 1 is 0.775 bits per heavy atom. The summed E-state index contributed by atoms with van der Waals surface area (Å²) < 4.78 is 8.94. The summed E-state index contributed by atoms with van der Waals surface area (Å²) in [5.41, 5.74) is 5.80. The fourth-order valence-corrected chi connectivity index (χ4v) is 4.89. The first-order chi connectivity index (χ1) is 19.6. The van der Waals surface area contributed by atoms with Crippen molar-refractivity contribution in [2.75, 3.05) is 6.61 Å². The number of aryl methyl sites for hydroxylation is 1. The molecule has 0 spiro atoms. The first kappa shape index (κ1) is 25.3. The number of rotatable bonds is 8. The smallest absolute Gasteiger partial charge is 0.225 e. The maximum absolute atomic E-state index is 13.6. The Labute approximate surface area is 233 Å². The minimum Gasteiger partial charge on any atom is -0.618 e. The molecule has 0 amide bonds. The molecule has 0 unspecified atom stereocenters. The van der Waals surface area contributed by atoms with Gasteiger partial charge in [0.2, 0.25) is 11.2 Å². The highest BCUT2D eigenvalue weighted by Crippen LogP contribution is 2.34. The van der Waals surface area contributed by atoms with E-state index in [-0.39, 0.29) is 0 Å². The van der Waals surface area contributed by atoms with Gasteiger partial charge in [0.25, 0.3) is 0 Å². The zero-order valence-corrected chi connectivity index (χ0v) is 22.6. The summed E-state index contributed by atoms with van der Waals surface area (Å²) in [6.07, 6.45) is 2.11. The quantitative estimate of drug-likeness (QED) is 0.117. The predicted octanol–water partition coefficient (Wildman–Crippen LogP) is 7.54. The lowest BCUT2D eigenvalue weighted by Crippen LogP contribution is -2.30. The Bertz CT molecular complexity index is 1760. The van der Waals surface area contributed by atoms with Gasteiger partial charge >= 0.3 is 0 Å². The van der Waals surface area contributed by atoms with E-state index in [2.05, 4.69) is 16.6 Å². The molecule has 2 aromatic heterocycles. The van der Waals surface area contributed by atoms with E-state index >= 15 is 0 Å². The molecule has 0 N–H and O–H groups in total. The van der Waals surface area contributed by atoms with Crippen molar-refractivity contribution in [2.24, 2.45) is 0 Å². The number of hydrogen-bond acceptors (Lipinski definition) is 4. The molecule has 6 rings (SSSR count). The Kier molecular flexibility index (Phi) is 6.98. The molecule has 6 nitrogen and oxygen atoms in total. The van der Waals surface area contributed by atoms with Gasteiger partial charge < -0.3 is 9.94 Å². The van der Waals surface area contributed by atoms with Crippen molar-refractivity contribution in [2.45, 2.75) is 26.7 Å². The number of benzene rings is 4. The number of ether oxygens (including phenoxy) is 1. The van der Waals surface area contributed by atoms with Crippen LogP contribution in [-0.2, 0) is 0 Å². The zero-order chi connectivity index (χ0) is 27.5. The minimum absolute atomic E-state index is 0.562. The van der Waals surface area contributed by atoms with Crippen LogP contribution in [0.3, 0.4) is 0 Å². The van der Waals surface area contributed by atoms with Crippen LogP contribution in [0.25, 0.3) is 50.6 Å². The van der Waals surface area contributed by atoms with E-state index < -0.39 is 0 Å². The molecule has 4 aromatic carbocycles. The molecule has 2 heterocycles. The van der Waals surface area contributed by atoms with Crippen LogP contribution in [0.4, 0.5) is 0 Å². The molecule has 0 saturated carbocycles. The van der Waals surface area contributed by atoms with E-state index in [0.717, 1.165) is 56.6 Å². The van der Waals surface area contributed by atoms with Gasteiger partial charge in [0.05, 0.1) is 12.0 Å². The van der Waals surface area contributed by atoms with Crippen LogP contribution in [0.5, 0.6) is 5.75 Å². The highest BCUT2D eigenvalue weighted by atomic mass is 16.5. The molecule has 0 aliphatic carbocycles. The van der Waals surface area contributed by atoms with Gasteiger partial charge in [0.1, 0.15) is 5.75 Å². The number of para-hydroxylation sites is 2. The second-order valence-corrected chi connectivity index (χ2v) is 9.87. The van der Waals surface area contributed by atoms with E-state index in [1.165, 1.54) is 0 Å². The molecule has 40 heavy (non-hydrogen) atoms. The van der Waals surface area contributed by atoms with Crippen LogP contribution >= 0.6 is 0 Å². The van der Waals surface area contributed by atoms with E-state index in [4.69, 9.17) is 9.84 Å². The van der Waals surface area contributed by atoms with E-state index in [9.17, 15) is 5.21 Å². The van der Waals surface area contributed by atoms with Crippen molar-refractivity contribution in [3.63, 3.8) is 0 Å². The van der Waals surface area contributed by atoms with Crippen molar-refractivity contribution in [1.82, 2.24) is 14.8 Å². The van der Waals surface area contributed by atoms with Gasteiger partial charge in [-0.2, -0.15) is 4.73 Å². The number of fused-ring (bicyclic) bond motifs is 1. The average Bonchev–Trinajstić information content (AvgIpc) is 3.44. The maximum Gasteiger partial charge on any atom is 0.225 e. The summed E-state index contributed by atoms with van der Waals surface area (Å²) in [5, 5.41) is 23.8.